The molecule has 3 rings (SSSR count). The summed E-state index contributed by atoms with van der Waals surface area (Å²) in [6.07, 6.45) is 3.60. The molecule has 0 amide bonds. The molecule has 1 aliphatic heterocycles. The number of anilines is 2. The minimum absolute atomic E-state index is 0.254. The maximum atomic E-state index is 9.07. The van der Waals surface area contributed by atoms with Crippen molar-refractivity contribution in [3.05, 3.63) is 6.33 Å². The van der Waals surface area contributed by atoms with Gasteiger partial charge >= 0.3 is 0 Å². The second-order valence-corrected chi connectivity index (χ2v) is 5.12. The van der Waals surface area contributed by atoms with Crippen LogP contribution in [0, 0.1) is 5.92 Å². The normalized spacial score (nSPS) is 18.9. The van der Waals surface area contributed by atoms with E-state index in [0.717, 1.165) is 43.8 Å². The average molecular weight is 276 g/mol. The van der Waals surface area contributed by atoms with E-state index < -0.39 is 0 Å². The van der Waals surface area contributed by atoms with E-state index >= 15 is 0 Å². The number of hydrogen-bond donors (Lipinski definition) is 3. The highest BCUT2D eigenvalue weighted by molar-refractivity contribution is 5.84. The Morgan fingerprint density at radius 1 is 1.50 bits per heavy atom. The summed E-state index contributed by atoms with van der Waals surface area (Å²) in [5.41, 5.74) is 1.58. The number of aromatic amines is 1. The van der Waals surface area contributed by atoms with Crippen LogP contribution >= 0.6 is 0 Å². The molecule has 3 N–H and O–H groups in total. The molecular weight excluding hydrogens is 256 g/mol. The first-order chi connectivity index (χ1) is 9.81. The number of aromatic nitrogens is 4. The molecule has 2 aromatic rings. The summed E-state index contributed by atoms with van der Waals surface area (Å²) < 4.78 is 0. The van der Waals surface area contributed by atoms with E-state index in [1.807, 2.05) is 6.92 Å². The number of aliphatic hydroxyl groups is 1. The van der Waals surface area contributed by atoms with Crippen LogP contribution in [0.1, 0.15) is 19.8 Å². The Labute approximate surface area is 117 Å². The average Bonchev–Trinajstić information content (AvgIpc) is 3.07. The van der Waals surface area contributed by atoms with Crippen LogP contribution in [0.3, 0.4) is 0 Å². The second kappa shape index (κ2) is 5.62. The number of H-pyrrole nitrogens is 1. The van der Waals surface area contributed by atoms with Gasteiger partial charge in [0.25, 0.3) is 0 Å². The maximum absolute atomic E-state index is 9.07. The summed E-state index contributed by atoms with van der Waals surface area (Å²) in [7, 11) is 0. The Bertz CT molecular complexity index is 583. The molecule has 0 radical (unpaired) electrons. The van der Waals surface area contributed by atoms with Crippen LogP contribution in [0.4, 0.5) is 11.8 Å². The number of rotatable bonds is 5. The summed E-state index contributed by atoms with van der Waals surface area (Å²) in [4.78, 5) is 18.6. The van der Waals surface area contributed by atoms with Crippen molar-refractivity contribution in [2.24, 2.45) is 5.92 Å². The second-order valence-electron chi connectivity index (χ2n) is 5.12. The van der Waals surface area contributed by atoms with Gasteiger partial charge in [-0.3, -0.25) is 0 Å². The van der Waals surface area contributed by atoms with Crippen LogP contribution < -0.4 is 10.2 Å². The summed E-state index contributed by atoms with van der Waals surface area (Å²) >= 11 is 0. The maximum Gasteiger partial charge on any atom is 0.226 e. The van der Waals surface area contributed by atoms with E-state index in [9.17, 15) is 0 Å². The minimum Gasteiger partial charge on any atom is -0.396 e. The number of fused-ring (bicyclic) bond motifs is 1. The van der Waals surface area contributed by atoms with Gasteiger partial charge in [-0.05, 0) is 25.7 Å². The fraction of sp³-hybridized carbons (Fsp3) is 0.615. The molecule has 7 heteroatoms. The molecule has 20 heavy (non-hydrogen) atoms. The van der Waals surface area contributed by atoms with Gasteiger partial charge in [-0.15, -0.1) is 0 Å². The first-order valence-electron chi connectivity index (χ1n) is 7.12. The summed E-state index contributed by atoms with van der Waals surface area (Å²) in [5.74, 6) is 2.06. The third kappa shape index (κ3) is 2.40. The molecule has 0 aliphatic carbocycles. The lowest BCUT2D eigenvalue weighted by Gasteiger charge is -2.18. The third-order valence-electron chi connectivity index (χ3n) is 3.72. The quantitative estimate of drug-likeness (QED) is 0.754. The van der Waals surface area contributed by atoms with Crippen LogP contribution in [0.25, 0.3) is 11.2 Å². The van der Waals surface area contributed by atoms with Crippen LogP contribution in [0.15, 0.2) is 6.33 Å². The zero-order valence-corrected chi connectivity index (χ0v) is 11.6. The molecule has 1 aliphatic rings. The Morgan fingerprint density at radius 3 is 3.20 bits per heavy atom. The lowest BCUT2D eigenvalue weighted by molar-refractivity contribution is 0.263. The minimum atomic E-state index is 0.254. The number of aliphatic hydroxyl groups excluding tert-OH is 1. The van der Waals surface area contributed by atoms with Gasteiger partial charge in [0.15, 0.2) is 11.5 Å². The standard InChI is InChI=1S/C13H20N6O/c1-2-14-13-17-11-10(15-8-16-11)12(18-13)19-5-3-9(7-19)4-6-20/h8-9,20H,2-7H2,1H3,(H2,14,15,16,17,18). The zero-order chi connectivity index (χ0) is 13.9. The van der Waals surface area contributed by atoms with E-state index in [0.29, 0.717) is 17.5 Å². The van der Waals surface area contributed by atoms with Gasteiger partial charge in [0, 0.05) is 26.2 Å². The van der Waals surface area contributed by atoms with Crippen LogP contribution in [-0.2, 0) is 0 Å². The van der Waals surface area contributed by atoms with E-state index in [1.54, 1.807) is 6.33 Å². The lowest BCUT2D eigenvalue weighted by Crippen LogP contribution is -2.22. The molecule has 1 saturated heterocycles. The van der Waals surface area contributed by atoms with Gasteiger partial charge in [0.1, 0.15) is 5.52 Å². The molecule has 108 valence electrons. The number of nitrogens with one attached hydrogen (secondary N) is 2. The topological polar surface area (TPSA) is 90.0 Å². The summed E-state index contributed by atoms with van der Waals surface area (Å²) in [6, 6.07) is 0. The van der Waals surface area contributed by atoms with Crippen molar-refractivity contribution in [3.63, 3.8) is 0 Å². The molecular formula is C13H20N6O. The molecule has 0 aromatic carbocycles. The number of hydrogen-bond acceptors (Lipinski definition) is 6. The highest BCUT2D eigenvalue weighted by atomic mass is 16.3. The van der Waals surface area contributed by atoms with Crippen LogP contribution in [0.2, 0.25) is 0 Å². The van der Waals surface area contributed by atoms with Crippen molar-refractivity contribution in [1.82, 2.24) is 19.9 Å². The van der Waals surface area contributed by atoms with Gasteiger partial charge in [-0.1, -0.05) is 0 Å². The fourth-order valence-corrected chi connectivity index (χ4v) is 2.73. The van der Waals surface area contributed by atoms with Crippen molar-refractivity contribution in [2.45, 2.75) is 19.8 Å². The van der Waals surface area contributed by atoms with Gasteiger partial charge in [-0.2, -0.15) is 9.97 Å². The van der Waals surface area contributed by atoms with Crippen molar-refractivity contribution in [3.8, 4) is 0 Å². The molecule has 1 atom stereocenters. The third-order valence-corrected chi connectivity index (χ3v) is 3.72. The molecule has 0 saturated carbocycles. The van der Waals surface area contributed by atoms with E-state index in [2.05, 4.69) is 30.2 Å². The molecule has 0 spiro atoms. The van der Waals surface area contributed by atoms with Crippen LogP contribution in [0.5, 0.6) is 0 Å². The highest BCUT2D eigenvalue weighted by Gasteiger charge is 2.25. The molecule has 3 heterocycles. The first kappa shape index (κ1) is 13.1. The summed E-state index contributed by atoms with van der Waals surface area (Å²) in [6.45, 7) is 4.94. The molecule has 0 bridgehead atoms. The molecule has 1 fully saturated rings. The van der Waals surface area contributed by atoms with E-state index in [4.69, 9.17) is 5.11 Å². The van der Waals surface area contributed by atoms with Gasteiger partial charge in [-0.25, -0.2) is 4.98 Å². The summed E-state index contributed by atoms with van der Waals surface area (Å²) in [5, 5.41) is 12.2. The Morgan fingerprint density at radius 2 is 2.40 bits per heavy atom. The molecule has 2 aromatic heterocycles. The predicted molar refractivity (Wildman–Crippen MR) is 77.9 cm³/mol. The number of nitrogens with zero attached hydrogens (tertiary/aromatic N) is 4. The SMILES string of the molecule is CCNc1nc(N2CCC(CCO)C2)c2[nH]cnc2n1. The van der Waals surface area contributed by atoms with Crippen molar-refractivity contribution >= 4 is 22.9 Å². The van der Waals surface area contributed by atoms with Gasteiger partial charge in [0.05, 0.1) is 6.33 Å². The molecule has 1 unspecified atom stereocenters. The predicted octanol–water partition coefficient (Wildman–Crippen LogP) is 0.993. The van der Waals surface area contributed by atoms with Crippen molar-refractivity contribution in [1.29, 1.82) is 0 Å². The number of imidazole rings is 1. The molecule has 7 nitrogen and oxygen atoms in total. The zero-order valence-electron chi connectivity index (χ0n) is 11.6. The van der Waals surface area contributed by atoms with E-state index in [-0.39, 0.29) is 6.61 Å². The first-order valence-corrected chi connectivity index (χ1v) is 7.12. The van der Waals surface area contributed by atoms with E-state index in [1.165, 1.54) is 0 Å². The monoisotopic (exact) mass is 276 g/mol. The highest BCUT2D eigenvalue weighted by Crippen LogP contribution is 2.29. The van der Waals surface area contributed by atoms with Crippen molar-refractivity contribution in [2.75, 3.05) is 36.5 Å². The van der Waals surface area contributed by atoms with Crippen LogP contribution in [-0.4, -0.2) is 51.3 Å². The lowest BCUT2D eigenvalue weighted by atomic mass is 10.1. The largest absolute Gasteiger partial charge is 0.396 e. The fourth-order valence-electron chi connectivity index (χ4n) is 2.73. The Kier molecular flexibility index (Phi) is 3.68. The van der Waals surface area contributed by atoms with Gasteiger partial charge < -0.3 is 20.3 Å². The van der Waals surface area contributed by atoms with Crippen molar-refractivity contribution < 1.29 is 5.11 Å². The Balaban J connectivity index is 1.91. The Hall–Kier alpha value is -1.89. The smallest absolute Gasteiger partial charge is 0.226 e. The van der Waals surface area contributed by atoms with Gasteiger partial charge in [0.2, 0.25) is 5.95 Å².